The van der Waals surface area contributed by atoms with E-state index in [-0.39, 0.29) is 5.91 Å². The molecule has 96 valence electrons. The molecule has 1 unspecified atom stereocenters. The molecule has 2 rings (SSSR count). The number of amides is 2. The van der Waals surface area contributed by atoms with Crippen molar-refractivity contribution in [2.24, 2.45) is 5.73 Å². The Balaban J connectivity index is 2.21. The lowest BCUT2D eigenvalue weighted by molar-refractivity contribution is -0.128. The Morgan fingerprint density at radius 1 is 1.61 bits per heavy atom. The van der Waals surface area contributed by atoms with Crippen LogP contribution in [-0.2, 0) is 9.53 Å². The van der Waals surface area contributed by atoms with E-state index < -0.39 is 12.2 Å². The minimum atomic E-state index is -0.951. The zero-order valence-electron chi connectivity index (χ0n) is 9.51. The molecule has 1 aliphatic heterocycles. The Hall–Kier alpha value is -1.82. The van der Waals surface area contributed by atoms with Crippen LogP contribution in [0.25, 0.3) is 0 Å². The van der Waals surface area contributed by atoms with Crippen LogP contribution in [-0.4, -0.2) is 29.6 Å². The van der Waals surface area contributed by atoms with Gasteiger partial charge in [-0.25, -0.2) is 4.79 Å². The predicted octanol–water partition coefficient (Wildman–Crippen LogP) is 1.33. The van der Waals surface area contributed by atoms with Crippen molar-refractivity contribution < 1.29 is 14.3 Å². The third-order valence-electron chi connectivity index (χ3n) is 2.69. The Bertz CT molecular complexity index is 480. The topological polar surface area (TPSA) is 85.5 Å². The van der Waals surface area contributed by atoms with Gasteiger partial charge in [-0.15, -0.1) is 0 Å². The third kappa shape index (κ3) is 2.53. The maximum absolute atomic E-state index is 12.1. The molecule has 2 heterocycles. The van der Waals surface area contributed by atoms with Gasteiger partial charge in [-0.05, 0) is 18.9 Å². The predicted molar refractivity (Wildman–Crippen MR) is 65.3 cm³/mol. The summed E-state index contributed by atoms with van der Waals surface area (Å²) in [5.74, 6) is -0.324. The summed E-state index contributed by atoms with van der Waals surface area (Å²) in [5, 5.41) is 0.429. The minimum Gasteiger partial charge on any atom is -0.436 e. The summed E-state index contributed by atoms with van der Waals surface area (Å²) >= 11 is 6.01. The molecular formula is C11H12ClN3O3. The summed E-state index contributed by atoms with van der Waals surface area (Å²) in [6, 6.07) is 1.60. The summed E-state index contributed by atoms with van der Waals surface area (Å²) < 4.78 is 4.78. The van der Waals surface area contributed by atoms with E-state index in [1.165, 1.54) is 17.3 Å². The number of hydrogen-bond donors (Lipinski definition) is 1. The number of carbonyl (C=O) groups is 2. The van der Waals surface area contributed by atoms with Gasteiger partial charge in [-0.1, -0.05) is 11.6 Å². The Morgan fingerprint density at radius 3 is 3.06 bits per heavy atom. The summed E-state index contributed by atoms with van der Waals surface area (Å²) in [4.78, 5) is 28.2. The van der Waals surface area contributed by atoms with Crippen LogP contribution in [0.1, 0.15) is 12.8 Å². The van der Waals surface area contributed by atoms with Crippen LogP contribution in [0.4, 0.5) is 10.5 Å². The zero-order chi connectivity index (χ0) is 13.1. The zero-order valence-corrected chi connectivity index (χ0v) is 10.3. The highest BCUT2D eigenvalue weighted by Crippen LogP contribution is 2.28. The summed E-state index contributed by atoms with van der Waals surface area (Å²) in [6.07, 6.45) is 2.43. The number of pyridine rings is 1. The molecule has 0 aliphatic carbocycles. The number of nitrogens with zero attached hydrogens (tertiary/aromatic N) is 2. The molecule has 0 spiro atoms. The number of halogens is 1. The van der Waals surface area contributed by atoms with Gasteiger partial charge in [0.1, 0.15) is 0 Å². The standard InChI is InChI=1S/C11H12ClN3O3/c12-7-3-4-14-6-8(7)15-5-1-2-9(10(15)16)18-11(13)17/h3-4,6,9H,1-2,5H2,(H2,13,17). The van der Waals surface area contributed by atoms with Gasteiger partial charge in [0, 0.05) is 12.7 Å². The van der Waals surface area contributed by atoms with Gasteiger partial charge in [-0.3, -0.25) is 9.78 Å². The third-order valence-corrected chi connectivity index (χ3v) is 3.01. The fourth-order valence-electron chi connectivity index (χ4n) is 1.90. The number of primary amides is 1. The molecule has 6 nitrogen and oxygen atoms in total. The van der Waals surface area contributed by atoms with E-state index in [4.69, 9.17) is 22.1 Å². The summed E-state index contributed by atoms with van der Waals surface area (Å²) in [6.45, 7) is 0.517. The molecule has 7 heteroatoms. The maximum Gasteiger partial charge on any atom is 0.405 e. The maximum atomic E-state index is 12.1. The van der Waals surface area contributed by atoms with Crippen molar-refractivity contribution in [1.29, 1.82) is 0 Å². The summed E-state index contributed by atoms with van der Waals surface area (Å²) in [7, 11) is 0. The van der Waals surface area contributed by atoms with E-state index in [2.05, 4.69) is 4.98 Å². The second kappa shape index (κ2) is 5.22. The molecule has 1 aliphatic rings. The van der Waals surface area contributed by atoms with E-state index in [1.807, 2.05) is 0 Å². The Morgan fingerprint density at radius 2 is 2.39 bits per heavy atom. The first-order valence-electron chi connectivity index (χ1n) is 5.46. The van der Waals surface area contributed by atoms with Crippen LogP contribution in [0.15, 0.2) is 18.5 Å². The normalized spacial score (nSPS) is 19.7. The van der Waals surface area contributed by atoms with Crippen molar-refractivity contribution in [1.82, 2.24) is 4.98 Å². The van der Waals surface area contributed by atoms with Crippen LogP contribution in [0.5, 0.6) is 0 Å². The second-order valence-electron chi connectivity index (χ2n) is 3.88. The fraction of sp³-hybridized carbons (Fsp3) is 0.364. The number of nitrogens with two attached hydrogens (primary N) is 1. The molecule has 1 aromatic rings. The quantitative estimate of drug-likeness (QED) is 0.877. The van der Waals surface area contributed by atoms with Gasteiger partial charge in [0.05, 0.1) is 16.9 Å². The van der Waals surface area contributed by atoms with Crippen molar-refractivity contribution in [3.8, 4) is 0 Å². The number of hydrogen-bond acceptors (Lipinski definition) is 4. The lowest BCUT2D eigenvalue weighted by Gasteiger charge is -2.31. The smallest absolute Gasteiger partial charge is 0.405 e. The Labute approximate surface area is 109 Å². The van der Waals surface area contributed by atoms with Gasteiger partial charge in [0.25, 0.3) is 5.91 Å². The average Bonchev–Trinajstić information content (AvgIpc) is 2.32. The molecule has 18 heavy (non-hydrogen) atoms. The van der Waals surface area contributed by atoms with Gasteiger partial charge in [-0.2, -0.15) is 0 Å². The van der Waals surface area contributed by atoms with Gasteiger partial charge in [0.2, 0.25) is 0 Å². The number of rotatable bonds is 2. The number of anilines is 1. The van der Waals surface area contributed by atoms with E-state index in [0.717, 1.165) is 0 Å². The van der Waals surface area contributed by atoms with Crippen LogP contribution in [0, 0.1) is 0 Å². The van der Waals surface area contributed by atoms with E-state index in [9.17, 15) is 9.59 Å². The van der Waals surface area contributed by atoms with Crippen molar-refractivity contribution in [2.75, 3.05) is 11.4 Å². The number of piperidine rings is 1. The van der Waals surface area contributed by atoms with Crippen molar-refractivity contribution in [2.45, 2.75) is 18.9 Å². The molecule has 1 aromatic heterocycles. The van der Waals surface area contributed by atoms with Gasteiger partial charge >= 0.3 is 6.09 Å². The second-order valence-corrected chi connectivity index (χ2v) is 4.29. The van der Waals surface area contributed by atoms with E-state index in [0.29, 0.717) is 30.1 Å². The molecule has 1 saturated heterocycles. The first-order valence-corrected chi connectivity index (χ1v) is 5.84. The van der Waals surface area contributed by atoms with Crippen LogP contribution >= 0.6 is 11.6 Å². The van der Waals surface area contributed by atoms with Crippen LogP contribution in [0.2, 0.25) is 5.02 Å². The Kier molecular flexibility index (Phi) is 3.66. The molecule has 1 atom stereocenters. The number of aromatic nitrogens is 1. The highest BCUT2D eigenvalue weighted by molar-refractivity contribution is 6.33. The fourth-order valence-corrected chi connectivity index (χ4v) is 2.11. The monoisotopic (exact) mass is 269 g/mol. The van der Waals surface area contributed by atoms with Crippen molar-refractivity contribution >= 4 is 29.3 Å². The van der Waals surface area contributed by atoms with E-state index >= 15 is 0 Å². The van der Waals surface area contributed by atoms with E-state index in [1.54, 1.807) is 6.07 Å². The number of carbonyl (C=O) groups excluding carboxylic acids is 2. The highest BCUT2D eigenvalue weighted by Gasteiger charge is 2.33. The largest absolute Gasteiger partial charge is 0.436 e. The first kappa shape index (κ1) is 12.6. The molecule has 2 amide bonds. The van der Waals surface area contributed by atoms with Crippen LogP contribution < -0.4 is 10.6 Å². The van der Waals surface area contributed by atoms with Crippen molar-refractivity contribution in [3.05, 3.63) is 23.5 Å². The number of ether oxygens (including phenoxy) is 1. The average molecular weight is 270 g/mol. The molecule has 0 bridgehead atoms. The lowest BCUT2D eigenvalue weighted by Crippen LogP contribution is -2.47. The molecule has 0 radical (unpaired) electrons. The molecule has 0 saturated carbocycles. The minimum absolute atomic E-state index is 0.324. The molecule has 1 fully saturated rings. The SMILES string of the molecule is NC(=O)OC1CCCN(c2cnccc2Cl)C1=O. The van der Waals surface area contributed by atoms with Gasteiger partial charge in [0.15, 0.2) is 6.10 Å². The van der Waals surface area contributed by atoms with Gasteiger partial charge < -0.3 is 15.4 Å². The highest BCUT2D eigenvalue weighted by atomic mass is 35.5. The summed E-state index contributed by atoms with van der Waals surface area (Å²) in [5.41, 5.74) is 5.44. The van der Waals surface area contributed by atoms with Crippen LogP contribution in [0.3, 0.4) is 0 Å². The lowest BCUT2D eigenvalue weighted by atomic mass is 10.1. The van der Waals surface area contributed by atoms with Crippen molar-refractivity contribution in [3.63, 3.8) is 0 Å². The molecular weight excluding hydrogens is 258 g/mol. The first-order chi connectivity index (χ1) is 8.59. The molecule has 2 N–H and O–H groups in total. The molecule has 0 aromatic carbocycles.